The molecule has 0 unspecified atom stereocenters. The SMILES string of the molecule is NC(=O)c1cccnc1Oc1ccc(CC(=O)Nc2nc(-c3cccc(F)c3)cs2)cc1. The lowest BCUT2D eigenvalue weighted by Crippen LogP contribution is -2.14. The molecule has 0 bridgehead atoms. The van der Waals surface area contributed by atoms with Crippen molar-refractivity contribution in [3.8, 4) is 22.9 Å². The van der Waals surface area contributed by atoms with Crippen LogP contribution in [-0.2, 0) is 11.2 Å². The second kappa shape index (κ2) is 9.36. The minimum atomic E-state index is -0.635. The molecule has 0 saturated carbocycles. The van der Waals surface area contributed by atoms with Crippen molar-refractivity contribution in [2.75, 3.05) is 5.32 Å². The van der Waals surface area contributed by atoms with E-state index in [2.05, 4.69) is 15.3 Å². The number of hydrogen-bond acceptors (Lipinski definition) is 6. The predicted molar refractivity (Wildman–Crippen MR) is 119 cm³/mol. The zero-order chi connectivity index (χ0) is 22.5. The van der Waals surface area contributed by atoms with Crippen LogP contribution in [0.2, 0.25) is 0 Å². The molecule has 2 amide bonds. The van der Waals surface area contributed by atoms with Crippen molar-refractivity contribution < 1.29 is 18.7 Å². The van der Waals surface area contributed by atoms with E-state index in [9.17, 15) is 14.0 Å². The quantitative estimate of drug-likeness (QED) is 0.435. The second-order valence-electron chi connectivity index (χ2n) is 6.74. The van der Waals surface area contributed by atoms with Gasteiger partial charge in [-0.25, -0.2) is 14.4 Å². The molecule has 2 aromatic heterocycles. The van der Waals surface area contributed by atoms with Crippen LogP contribution in [0.25, 0.3) is 11.3 Å². The molecule has 9 heteroatoms. The first-order chi connectivity index (χ1) is 15.5. The molecule has 2 heterocycles. The number of nitrogens with zero attached hydrogens (tertiary/aromatic N) is 2. The van der Waals surface area contributed by atoms with Crippen LogP contribution in [0.3, 0.4) is 0 Å². The van der Waals surface area contributed by atoms with Gasteiger partial charge >= 0.3 is 0 Å². The summed E-state index contributed by atoms with van der Waals surface area (Å²) < 4.78 is 19.0. The van der Waals surface area contributed by atoms with Gasteiger partial charge in [0.2, 0.25) is 11.8 Å². The number of nitrogens with one attached hydrogen (secondary N) is 1. The molecule has 0 saturated heterocycles. The van der Waals surface area contributed by atoms with E-state index in [-0.39, 0.29) is 29.6 Å². The summed E-state index contributed by atoms with van der Waals surface area (Å²) in [7, 11) is 0. The van der Waals surface area contributed by atoms with Crippen LogP contribution < -0.4 is 15.8 Å². The molecule has 0 spiro atoms. The summed E-state index contributed by atoms with van der Waals surface area (Å²) in [6, 6.07) is 16.1. The summed E-state index contributed by atoms with van der Waals surface area (Å²) in [6.07, 6.45) is 1.63. The van der Waals surface area contributed by atoms with Crippen molar-refractivity contribution in [3.63, 3.8) is 0 Å². The molecular weight excluding hydrogens is 431 g/mol. The Morgan fingerprint density at radius 3 is 2.66 bits per heavy atom. The Labute approximate surface area is 186 Å². The zero-order valence-electron chi connectivity index (χ0n) is 16.6. The van der Waals surface area contributed by atoms with E-state index in [4.69, 9.17) is 10.5 Å². The van der Waals surface area contributed by atoms with Crippen molar-refractivity contribution in [1.29, 1.82) is 0 Å². The van der Waals surface area contributed by atoms with Crippen LogP contribution in [0.15, 0.2) is 72.2 Å². The van der Waals surface area contributed by atoms with Gasteiger partial charge in [-0.2, -0.15) is 0 Å². The lowest BCUT2D eigenvalue weighted by Gasteiger charge is -2.08. The number of ether oxygens (including phenoxy) is 1. The van der Waals surface area contributed by atoms with E-state index in [0.29, 0.717) is 22.1 Å². The molecular formula is C23H17FN4O3S. The lowest BCUT2D eigenvalue weighted by atomic mass is 10.1. The highest BCUT2D eigenvalue weighted by molar-refractivity contribution is 7.14. The van der Waals surface area contributed by atoms with Gasteiger partial charge in [0, 0.05) is 17.1 Å². The number of primary amides is 1. The van der Waals surface area contributed by atoms with Crippen molar-refractivity contribution in [2.45, 2.75) is 6.42 Å². The summed E-state index contributed by atoms with van der Waals surface area (Å²) in [6.45, 7) is 0. The second-order valence-corrected chi connectivity index (χ2v) is 7.60. The molecule has 0 atom stereocenters. The Hall–Kier alpha value is -4.11. The molecule has 7 nitrogen and oxygen atoms in total. The third kappa shape index (κ3) is 5.13. The van der Waals surface area contributed by atoms with E-state index < -0.39 is 5.91 Å². The lowest BCUT2D eigenvalue weighted by molar-refractivity contribution is -0.115. The van der Waals surface area contributed by atoms with Gasteiger partial charge in [-0.15, -0.1) is 11.3 Å². The number of halogens is 1. The maximum atomic E-state index is 13.4. The van der Waals surface area contributed by atoms with Gasteiger partial charge in [-0.05, 0) is 42.0 Å². The van der Waals surface area contributed by atoms with E-state index >= 15 is 0 Å². The molecule has 0 aliphatic heterocycles. The van der Waals surface area contributed by atoms with Crippen molar-refractivity contribution in [2.24, 2.45) is 5.73 Å². The number of amides is 2. The van der Waals surface area contributed by atoms with Crippen LogP contribution in [0.4, 0.5) is 9.52 Å². The normalized spacial score (nSPS) is 10.5. The number of nitrogens with two attached hydrogens (primary N) is 1. The fraction of sp³-hybridized carbons (Fsp3) is 0.0435. The van der Waals surface area contributed by atoms with E-state index in [1.54, 1.807) is 47.8 Å². The Kier molecular flexibility index (Phi) is 6.18. The summed E-state index contributed by atoms with van der Waals surface area (Å²) in [5, 5.41) is 4.94. The van der Waals surface area contributed by atoms with Gasteiger partial charge in [-0.3, -0.25) is 9.59 Å². The molecule has 0 radical (unpaired) electrons. The topological polar surface area (TPSA) is 107 Å². The summed E-state index contributed by atoms with van der Waals surface area (Å²) >= 11 is 1.27. The third-order valence-electron chi connectivity index (χ3n) is 4.41. The summed E-state index contributed by atoms with van der Waals surface area (Å²) in [4.78, 5) is 32.2. The van der Waals surface area contributed by atoms with Crippen LogP contribution in [0, 0.1) is 5.82 Å². The first kappa shape index (κ1) is 21.1. The molecule has 32 heavy (non-hydrogen) atoms. The Morgan fingerprint density at radius 1 is 1.09 bits per heavy atom. The molecule has 4 aromatic rings. The highest BCUT2D eigenvalue weighted by Crippen LogP contribution is 2.26. The minimum absolute atomic E-state index is 0.114. The smallest absolute Gasteiger partial charge is 0.254 e. The average molecular weight is 448 g/mol. The monoisotopic (exact) mass is 448 g/mol. The number of anilines is 1. The van der Waals surface area contributed by atoms with Crippen LogP contribution in [-0.4, -0.2) is 21.8 Å². The molecule has 0 aliphatic carbocycles. The van der Waals surface area contributed by atoms with Crippen molar-refractivity contribution in [3.05, 3.63) is 89.2 Å². The number of rotatable bonds is 7. The summed E-state index contributed by atoms with van der Waals surface area (Å²) in [5.41, 5.74) is 7.50. The number of carbonyl (C=O) groups excluding carboxylic acids is 2. The fourth-order valence-electron chi connectivity index (χ4n) is 2.91. The number of pyridine rings is 1. The first-order valence-electron chi connectivity index (χ1n) is 9.51. The van der Waals surface area contributed by atoms with Gasteiger partial charge in [0.25, 0.3) is 5.91 Å². The molecule has 4 rings (SSSR count). The van der Waals surface area contributed by atoms with E-state index in [1.807, 2.05) is 0 Å². The summed E-state index contributed by atoms with van der Waals surface area (Å²) in [5.74, 6) is -0.649. The number of hydrogen-bond donors (Lipinski definition) is 2. The van der Waals surface area contributed by atoms with Gasteiger partial charge in [-0.1, -0.05) is 24.3 Å². The number of carbonyl (C=O) groups is 2. The molecule has 2 aromatic carbocycles. The standard InChI is InChI=1S/C23H17FN4O3S/c24-16-4-1-3-15(12-16)19-13-32-23(27-19)28-20(29)11-14-6-8-17(9-7-14)31-22-18(21(25)30)5-2-10-26-22/h1-10,12-13H,11H2,(H2,25,30)(H,27,28,29). The average Bonchev–Trinajstić information content (AvgIpc) is 3.24. The van der Waals surface area contributed by atoms with Crippen molar-refractivity contribution in [1.82, 2.24) is 9.97 Å². The molecule has 160 valence electrons. The highest BCUT2D eigenvalue weighted by atomic mass is 32.1. The first-order valence-corrected chi connectivity index (χ1v) is 10.4. The van der Waals surface area contributed by atoms with Gasteiger partial charge in [0.05, 0.1) is 12.1 Å². The Morgan fingerprint density at radius 2 is 1.91 bits per heavy atom. The van der Waals surface area contributed by atoms with E-state index in [1.165, 1.54) is 35.7 Å². The maximum absolute atomic E-state index is 13.4. The van der Waals surface area contributed by atoms with Gasteiger partial charge in [0.1, 0.15) is 17.1 Å². The Bertz CT molecular complexity index is 1270. The fourth-order valence-corrected chi connectivity index (χ4v) is 3.64. The van der Waals surface area contributed by atoms with Crippen LogP contribution in [0.1, 0.15) is 15.9 Å². The Balaban J connectivity index is 1.37. The maximum Gasteiger partial charge on any atom is 0.254 e. The van der Waals surface area contributed by atoms with Crippen LogP contribution >= 0.6 is 11.3 Å². The van der Waals surface area contributed by atoms with Crippen LogP contribution in [0.5, 0.6) is 11.6 Å². The molecule has 3 N–H and O–H groups in total. The number of benzene rings is 2. The largest absolute Gasteiger partial charge is 0.438 e. The number of aromatic nitrogens is 2. The highest BCUT2D eigenvalue weighted by Gasteiger charge is 2.12. The van der Waals surface area contributed by atoms with Gasteiger partial charge in [0.15, 0.2) is 5.13 Å². The number of thiazole rings is 1. The van der Waals surface area contributed by atoms with Gasteiger partial charge < -0.3 is 15.8 Å². The third-order valence-corrected chi connectivity index (χ3v) is 5.17. The molecule has 0 aliphatic rings. The molecule has 0 fully saturated rings. The van der Waals surface area contributed by atoms with E-state index in [0.717, 1.165) is 5.56 Å². The zero-order valence-corrected chi connectivity index (χ0v) is 17.4. The minimum Gasteiger partial charge on any atom is -0.438 e. The predicted octanol–water partition coefficient (Wildman–Crippen LogP) is 4.42. The van der Waals surface area contributed by atoms with Crippen molar-refractivity contribution >= 4 is 28.3 Å².